The Morgan fingerprint density at radius 2 is 1.61 bits per heavy atom. The summed E-state index contributed by atoms with van der Waals surface area (Å²) in [5.74, 6) is -0.207. The Morgan fingerprint density at radius 1 is 1.06 bits per heavy atom. The second-order valence-corrected chi connectivity index (χ2v) is 5.34. The lowest BCUT2D eigenvalue weighted by molar-refractivity contribution is -0.120. The number of primary amides is 1. The summed E-state index contributed by atoms with van der Waals surface area (Å²) in [7, 11) is 0. The average molecular weight is 256 g/mol. The van der Waals surface area contributed by atoms with Crippen LogP contribution in [0.3, 0.4) is 0 Å². The number of carbonyl (C=O) groups is 1. The highest BCUT2D eigenvalue weighted by molar-refractivity contribution is 5.79. The molecule has 1 amide bonds. The first kappa shape index (κ1) is 17.4. The quantitative estimate of drug-likeness (QED) is 0.526. The highest BCUT2D eigenvalue weighted by Gasteiger charge is 2.15. The van der Waals surface area contributed by atoms with Gasteiger partial charge in [0, 0.05) is 6.04 Å². The molecule has 108 valence electrons. The Hall–Kier alpha value is -0.570. The van der Waals surface area contributed by atoms with E-state index in [2.05, 4.69) is 26.1 Å². The third kappa shape index (κ3) is 9.46. The lowest BCUT2D eigenvalue weighted by atomic mass is 10.0. The van der Waals surface area contributed by atoms with E-state index in [-0.39, 0.29) is 11.9 Å². The van der Waals surface area contributed by atoms with Crippen LogP contribution in [0.2, 0.25) is 0 Å². The molecule has 0 heterocycles. The molecule has 0 spiro atoms. The summed E-state index contributed by atoms with van der Waals surface area (Å²) >= 11 is 0. The van der Waals surface area contributed by atoms with Crippen molar-refractivity contribution >= 4 is 5.91 Å². The zero-order valence-corrected chi connectivity index (χ0v) is 12.5. The number of unbranched alkanes of at least 4 members (excludes halogenated alkanes) is 6. The molecule has 0 radical (unpaired) electrons. The van der Waals surface area contributed by atoms with Crippen molar-refractivity contribution in [3.05, 3.63) is 0 Å². The van der Waals surface area contributed by atoms with Crippen LogP contribution in [0.1, 0.15) is 78.6 Å². The van der Waals surface area contributed by atoms with Crippen LogP contribution in [-0.4, -0.2) is 18.0 Å². The summed E-state index contributed by atoms with van der Waals surface area (Å²) < 4.78 is 0. The molecular formula is C15H32N2O. The van der Waals surface area contributed by atoms with Gasteiger partial charge in [-0.3, -0.25) is 4.79 Å². The second kappa shape index (κ2) is 11.5. The number of nitrogens with two attached hydrogens (primary N) is 1. The van der Waals surface area contributed by atoms with Crippen LogP contribution in [0.15, 0.2) is 0 Å². The fourth-order valence-electron chi connectivity index (χ4n) is 2.07. The van der Waals surface area contributed by atoms with Crippen molar-refractivity contribution in [1.82, 2.24) is 5.32 Å². The van der Waals surface area contributed by atoms with Crippen LogP contribution in [0.25, 0.3) is 0 Å². The van der Waals surface area contributed by atoms with Crippen molar-refractivity contribution in [3.8, 4) is 0 Å². The Balaban J connectivity index is 3.61. The second-order valence-electron chi connectivity index (χ2n) is 5.34. The molecule has 0 aliphatic heterocycles. The smallest absolute Gasteiger partial charge is 0.234 e. The van der Waals surface area contributed by atoms with E-state index in [9.17, 15) is 4.79 Å². The highest BCUT2D eigenvalue weighted by Crippen LogP contribution is 2.10. The predicted molar refractivity (Wildman–Crippen MR) is 78.5 cm³/mol. The minimum Gasteiger partial charge on any atom is -0.368 e. The van der Waals surface area contributed by atoms with Crippen LogP contribution >= 0.6 is 0 Å². The number of nitrogens with one attached hydrogen (secondary N) is 1. The molecular weight excluding hydrogens is 224 g/mol. The van der Waals surface area contributed by atoms with E-state index in [1.165, 1.54) is 38.5 Å². The summed E-state index contributed by atoms with van der Waals surface area (Å²) in [6.07, 6.45) is 10.8. The van der Waals surface area contributed by atoms with E-state index in [4.69, 9.17) is 5.73 Å². The van der Waals surface area contributed by atoms with Gasteiger partial charge in [-0.05, 0) is 19.8 Å². The van der Waals surface area contributed by atoms with Crippen molar-refractivity contribution in [2.75, 3.05) is 0 Å². The summed E-state index contributed by atoms with van der Waals surface area (Å²) in [6.45, 7) is 6.45. The van der Waals surface area contributed by atoms with Crippen LogP contribution in [-0.2, 0) is 4.79 Å². The zero-order chi connectivity index (χ0) is 13.8. The highest BCUT2D eigenvalue weighted by atomic mass is 16.1. The third-order valence-electron chi connectivity index (χ3n) is 3.54. The molecule has 0 fully saturated rings. The Morgan fingerprint density at radius 3 is 2.11 bits per heavy atom. The molecule has 0 aromatic heterocycles. The van der Waals surface area contributed by atoms with Crippen molar-refractivity contribution in [3.63, 3.8) is 0 Å². The first-order valence-corrected chi connectivity index (χ1v) is 7.67. The van der Waals surface area contributed by atoms with Gasteiger partial charge >= 0.3 is 0 Å². The lowest BCUT2D eigenvalue weighted by Crippen LogP contribution is -2.45. The molecule has 0 aliphatic carbocycles. The lowest BCUT2D eigenvalue weighted by Gasteiger charge is -2.19. The predicted octanol–water partition coefficient (Wildman–Crippen LogP) is 3.37. The van der Waals surface area contributed by atoms with Gasteiger partial charge in [0.1, 0.15) is 0 Å². The van der Waals surface area contributed by atoms with Gasteiger partial charge in [0.15, 0.2) is 0 Å². The van der Waals surface area contributed by atoms with Gasteiger partial charge in [-0.1, -0.05) is 58.8 Å². The van der Waals surface area contributed by atoms with Gasteiger partial charge < -0.3 is 11.1 Å². The molecule has 0 rings (SSSR count). The number of rotatable bonds is 12. The zero-order valence-electron chi connectivity index (χ0n) is 12.5. The van der Waals surface area contributed by atoms with Crippen LogP contribution in [0.4, 0.5) is 0 Å². The topological polar surface area (TPSA) is 55.1 Å². The van der Waals surface area contributed by atoms with Crippen molar-refractivity contribution in [2.24, 2.45) is 5.73 Å². The first-order chi connectivity index (χ1) is 8.61. The standard InChI is InChI=1S/C15H32N2O/c1-4-6-7-8-9-10-11-12-14(15(16)18)17-13(3)5-2/h13-14,17H,4-12H2,1-3H3,(H2,16,18). The van der Waals surface area contributed by atoms with Gasteiger partial charge in [0.2, 0.25) is 5.91 Å². The van der Waals surface area contributed by atoms with E-state index < -0.39 is 0 Å². The van der Waals surface area contributed by atoms with Crippen LogP contribution in [0, 0.1) is 0 Å². The molecule has 0 aromatic rings. The minimum atomic E-state index is -0.207. The van der Waals surface area contributed by atoms with E-state index >= 15 is 0 Å². The Kier molecular flexibility index (Phi) is 11.2. The minimum absolute atomic E-state index is 0.143. The third-order valence-corrected chi connectivity index (χ3v) is 3.54. The monoisotopic (exact) mass is 256 g/mol. The summed E-state index contributed by atoms with van der Waals surface area (Å²) in [6, 6.07) is 0.225. The van der Waals surface area contributed by atoms with Crippen LogP contribution < -0.4 is 11.1 Å². The van der Waals surface area contributed by atoms with Gasteiger partial charge in [-0.2, -0.15) is 0 Å². The van der Waals surface area contributed by atoms with Gasteiger partial charge in [0.25, 0.3) is 0 Å². The van der Waals surface area contributed by atoms with Crippen molar-refractivity contribution < 1.29 is 4.79 Å². The van der Waals surface area contributed by atoms with E-state index in [1.54, 1.807) is 0 Å². The fraction of sp³-hybridized carbons (Fsp3) is 0.933. The number of carbonyl (C=O) groups excluding carboxylic acids is 1. The first-order valence-electron chi connectivity index (χ1n) is 7.67. The van der Waals surface area contributed by atoms with Gasteiger partial charge in [-0.15, -0.1) is 0 Å². The molecule has 3 heteroatoms. The molecule has 0 aromatic carbocycles. The summed E-state index contributed by atoms with van der Waals surface area (Å²) in [4.78, 5) is 11.3. The normalized spacial score (nSPS) is 14.4. The number of amides is 1. The molecule has 2 unspecified atom stereocenters. The molecule has 3 N–H and O–H groups in total. The van der Waals surface area contributed by atoms with Crippen LogP contribution in [0.5, 0.6) is 0 Å². The molecule has 0 saturated heterocycles. The average Bonchev–Trinajstić information content (AvgIpc) is 2.35. The molecule has 3 nitrogen and oxygen atoms in total. The SMILES string of the molecule is CCCCCCCCCC(NC(C)CC)C(N)=O. The number of hydrogen-bond acceptors (Lipinski definition) is 2. The Labute approximate surface area is 113 Å². The van der Waals surface area contributed by atoms with E-state index in [0.717, 1.165) is 19.3 Å². The summed E-state index contributed by atoms with van der Waals surface area (Å²) in [5, 5.41) is 3.30. The largest absolute Gasteiger partial charge is 0.368 e. The van der Waals surface area contributed by atoms with E-state index in [1.807, 2.05) is 0 Å². The fourth-order valence-corrected chi connectivity index (χ4v) is 2.07. The van der Waals surface area contributed by atoms with Gasteiger partial charge in [0.05, 0.1) is 6.04 Å². The van der Waals surface area contributed by atoms with Crippen molar-refractivity contribution in [1.29, 1.82) is 0 Å². The van der Waals surface area contributed by atoms with E-state index in [0.29, 0.717) is 6.04 Å². The Bertz CT molecular complexity index is 207. The maximum absolute atomic E-state index is 11.3. The molecule has 0 bridgehead atoms. The van der Waals surface area contributed by atoms with Gasteiger partial charge in [-0.25, -0.2) is 0 Å². The molecule has 18 heavy (non-hydrogen) atoms. The molecule has 0 saturated carbocycles. The summed E-state index contributed by atoms with van der Waals surface area (Å²) in [5.41, 5.74) is 5.42. The molecule has 0 aliphatic rings. The maximum Gasteiger partial charge on any atom is 0.234 e. The molecule has 2 atom stereocenters. The van der Waals surface area contributed by atoms with Crippen molar-refractivity contribution in [2.45, 2.75) is 90.6 Å². The maximum atomic E-state index is 11.3. The number of hydrogen-bond donors (Lipinski definition) is 2.